The van der Waals surface area contributed by atoms with E-state index in [1.165, 1.54) is 7.11 Å². The number of pyridine rings is 1. The first-order chi connectivity index (χ1) is 11.5. The number of carbonyl (C=O) groups is 1. The summed E-state index contributed by atoms with van der Waals surface area (Å²) in [4.78, 5) is 15.2. The lowest BCUT2D eigenvalue weighted by Gasteiger charge is -2.10. The fourth-order valence-electron chi connectivity index (χ4n) is 2.37. The molecule has 8 heteroatoms. The summed E-state index contributed by atoms with van der Waals surface area (Å²) in [7, 11) is 3.08. The van der Waals surface area contributed by atoms with Crippen LogP contribution in [0.4, 0.5) is 10.5 Å². The number of benzene rings is 1. The highest BCUT2D eigenvalue weighted by Gasteiger charge is 2.15. The highest BCUT2D eigenvalue weighted by molar-refractivity contribution is 6.32. The van der Waals surface area contributed by atoms with Gasteiger partial charge in [0.25, 0.3) is 0 Å². The van der Waals surface area contributed by atoms with Crippen molar-refractivity contribution in [3.8, 4) is 22.8 Å². The zero-order chi connectivity index (χ0) is 17.3. The SMILES string of the molecule is COc1cc(OC)c(-c2cn3ccc(NC(=O)O)cc3n2)cc1Cl. The Balaban J connectivity index is 2.09. The molecule has 0 saturated carbocycles. The van der Waals surface area contributed by atoms with Gasteiger partial charge in [-0.1, -0.05) is 11.6 Å². The van der Waals surface area contributed by atoms with Gasteiger partial charge in [-0.15, -0.1) is 0 Å². The van der Waals surface area contributed by atoms with Crippen LogP contribution in [0.25, 0.3) is 16.9 Å². The van der Waals surface area contributed by atoms with E-state index in [1.807, 2.05) is 0 Å². The third kappa shape index (κ3) is 2.93. The smallest absolute Gasteiger partial charge is 0.409 e. The molecule has 2 aromatic heterocycles. The number of nitrogens with zero attached hydrogens (tertiary/aromatic N) is 2. The Morgan fingerprint density at radius 1 is 1.25 bits per heavy atom. The molecule has 3 rings (SSSR count). The zero-order valence-corrected chi connectivity index (χ0v) is 13.7. The predicted octanol–water partition coefficient (Wildman–Crippen LogP) is 3.76. The third-order valence-electron chi connectivity index (χ3n) is 3.46. The Hall–Kier alpha value is -2.93. The second kappa shape index (κ2) is 6.29. The van der Waals surface area contributed by atoms with Gasteiger partial charge in [0.1, 0.15) is 17.1 Å². The fourth-order valence-corrected chi connectivity index (χ4v) is 2.61. The standard InChI is InChI=1S/C16H14ClN3O4/c1-23-13-7-14(24-2)11(17)6-10(13)12-8-20-4-3-9(18-16(21)22)5-15(20)19-12/h3-8,18H,1-2H3,(H,21,22). The molecule has 2 heterocycles. The molecule has 1 amide bonds. The van der Waals surface area contributed by atoms with Crippen molar-refractivity contribution in [2.45, 2.75) is 0 Å². The van der Waals surface area contributed by atoms with Gasteiger partial charge in [-0.05, 0) is 12.1 Å². The maximum absolute atomic E-state index is 10.7. The Morgan fingerprint density at radius 2 is 2.00 bits per heavy atom. The van der Waals surface area contributed by atoms with Crippen LogP contribution in [0.15, 0.2) is 36.7 Å². The van der Waals surface area contributed by atoms with Crippen LogP contribution in [0, 0.1) is 0 Å². The maximum atomic E-state index is 10.7. The van der Waals surface area contributed by atoms with Crippen molar-refractivity contribution < 1.29 is 19.4 Å². The van der Waals surface area contributed by atoms with Gasteiger partial charge in [-0.3, -0.25) is 5.32 Å². The molecular weight excluding hydrogens is 334 g/mol. The molecule has 0 spiro atoms. The predicted molar refractivity (Wildman–Crippen MR) is 90.4 cm³/mol. The van der Waals surface area contributed by atoms with Crippen LogP contribution < -0.4 is 14.8 Å². The molecule has 24 heavy (non-hydrogen) atoms. The summed E-state index contributed by atoms with van der Waals surface area (Å²) in [6, 6.07) is 6.69. The van der Waals surface area contributed by atoms with Crippen molar-refractivity contribution in [1.29, 1.82) is 0 Å². The van der Waals surface area contributed by atoms with Crippen molar-refractivity contribution in [2.24, 2.45) is 0 Å². The Kier molecular flexibility index (Phi) is 4.18. The van der Waals surface area contributed by atoms with Gasteiger partial charge in [0.05, 0.1) is 24.9 Å². The van der Waals surface area contributed by atoms with E-state index < -0.39 is 6.09 Å². The first-order valence-corrected chi connectivity index (χ1v) is 7.30. The average Bonchev–Trinajstić information content (AvgIpc) is 2.97. The lowest BCUT2D eigenvalue weighted by atomic mass is 10.1. The highest BCUT2D eigenvalue weighted by Crippen LogP contribution is 2.38. The fraction of sp³-hybridized carbons (Fsp3) is 0.125. The molecule has 0 aliphatic rings. The Morgan fingerprint density at radius 3 is 2.67 bits per heavy atom. The first kappa shape index (κ1) is 15.9. The van der Waals surface area contributed by atoms with E-state index in [-0.39, 0.29) is 0 Å². The topological polar surface area (TPSA) is 85.1 Å². The summed E-state index contributed by atoms with van der Waals surface area (Å²) in [5, 5.41) is 11.5. The molecule has 0 unspecified atom stereocenters. The third-order valence-corrected chi connectivity index (χ3v) is 3.76. The second-order valence-electron chi connectivity index (χ2n) is 4.92. The number of hydrogen-bond donors (Lipinski definition) is 2. The summed E-state index contributed by atoms with van der Waals surface area (Å²) >= 11 is 6.20. The summed E-state index contributed by atoms with van der Waals surface area (Å²) in [5.41, 5.74) is 2.38. The molecule has 1 aromatic carbocycles. The lowest BCUT2D eigenvalue weighted by molar-refractivity contribution is 0.210. The molecule has 0 atom stereocenters. The second-order valence-corrected chi connectivity index (χ2v) is 5.33. The van der Waals surface area contributed by atoms with E-state index >= 15 is 0 Å². The van der Waals surface area contributed by atoms with Crippen LogP contribution >= 0.6 is 11.6 Å². The van der Waals surface area contributed by atoms with E-state index in [1.54, 1.807) is 48.2 Å². The number of amides is 1. The van der Waals surface area contributed by atoms with E-state index in [4.69, 9.17) is 26.2 Å². The zero-order valence-electron chi connectivity index (χ0n) is 12.9. The monoisotopic (exact) mass is 347 g/mol. The van der Waals surface area contributed by atoms with Crippen LogP contribution in [0.3, 0.4) is 0 Å². The van der Waals surface area contributed by atoms with Crippen molar-refractivity contribution in [3.05, 3.63) is 41.7 Å². The molecule has 0 radical (unpaired) electrons. The minimum Gasteiger partial charge on any atom is -0.496 e. The lowest BCUT2D eigenvalue weighted by Crippen LogP contribution is -2.07. The molecule has 0 aliphatic heterocycles. The number of methoxy groups -OCH3 is 2. The number of hydrogen-bond acceptors (Lipinski definition) is 4. The average molecular weight is 348 g/mol. The largest absolute Gasteiger partial charge is 0.496 e. The Bertz CT molecular complexity index is 923. The van der Waals surface area contributed by atoms with Crippen LogP contribution in [0.2, 0.25) is 5.02 Å². The minimum atomic E-state index is -1.13. The number of ether oxygens (including phenoxy) is 2. The number of rotatable bonds is 4. The van der Waals surface area contributed by atoms with Crippen LogP contribution in [0.1, 0.15) is 0 Å². The molecule has 2 N–H and O–H groups in total. The maximum Gasteiger partial charge on any atom is 0.409 e. The molecule has 124 valence electrons. The van der Waals surface area contributed by atoms with Crippen molar-refractivity contribution in [3.63, 3.8) is 0 Å². The van der Waals surface area contributed by atoms with Crippen molar-refractivity contribution in [1.82, 2.24) is 9.38 Å². The van der Waals surface area contributed by atoms with Gasteiger partial charge in [0.2, 0.25) is 0 Å². The molecule has 3 aromatic rings. The van der Waals surface area contributed by atoms with Crippen molar-refractivity contribution in [2.75, 3.05) is 19.5 Å². The number of anilines is 1. The van der Waals surface area contributed by atoms with Crippen LogP contribution in [0.5, 0.6) is 11.5 Å². The molecule has 0 bridgehead atoms. The normalized spacial score (nSPS) is 10.6. The first-order valence-electron chi connectivity index (χ1n) is 6.92. The van der Waals surface area contributed by atoms with Gasteiger partial charge in [-0.25, -0.2) is 9.78 Å². The van der Waals surface area contributed by atoms with E-state index in [0.29, 0.717) is 39.1 Å². The molecular formula is C16H14ClN3O4. The van der Waals surface area contributed by atoms with Crippen LogP contribution in [-0.4, -0.2) is 34.8 Å². The number of nitrogens with one attached hydrogen (secondary N) is 1. The number of carboxylic acid groups (broad SMARTS) is 1. The minimum absolute atomic E-state index is 0.437. The van der Waals surface area contributed by atoms with Crippen LogP contribution in [-0.2, 0) is 0 Å². The van der Waals surface area contributed by atoms with E-state index in [9.17, 15) is 4.79 Å². The van der Waals surface area contributed by atoms with Gasteiger partial charge < -0.3 is 19.0 Å². The molecule has 0 aliphatic carbocycles. The van der Waals surface area contributed by atoms with Gasteiger partial charge in [0.15, 0.2) is 0 Å². The Labute approximate surface area is 142 Å². The summed E-state index contributed by atoms with van der Waals surface area (Å²) in [6.45, 7) is 0. The number of aromatic nitrogens is 2. The summed E-state index contributed by atoms with van der Waals surface area (Å²) in [6.07, 6.45) is 2.39. The number of fused-ring (bicyclic) bond motifs is 1. The number of halogens is 1. The summed E-state index contributed by atoms with van der Waals surface area (Å²) < 4.78 is 12.4. The summed E-state index contributed by atoms with van der Waals surface area (Å²) in [5.74, 6) is 1.08. The quantitative estimate of drug-likeness (QED) is 0.750. The van der Waals surface area contributed by atoms with E-state index in [2.05, 4.69) is 10.3 Å². The van der Waals surface area contributed by atoms with E-state index in [0.717, 1.165) is 0 Å². The molecule has 7 nitrogen and oxygen atoms in total. The molecule has 0 saturated heterocycles. The highest BCUT2D eigenvalue weighted by atomic mass is 35.5. The molecule has 0 fully saturated rings. The van der Waals surface area contributed by atoms with Gasteiger partial charge in [-0.2, -0.15) is 0 Å². The van der Waals surface area contributed by atoms with Gasteiger partial charge >= 0.3 is 6.09 Å². The van der Waals surface area contributed by atoms with Crippen molar-refractivity contribution >= 4 is 29.0 Å². The van der Waals surface area contributed by atoms with Gasteiger partial charge in [0, 0.05) is 35.8 Å². The number of imidazole rings is 1.